The second-order valence-electron chi connectivity index (χ2n) is 2.86. The quantitative estimate of drug-likeness (QED) is 0.622. The Bertz CT molecular complexity index is 481. The van der Waals surface area contributed by atoms with Gasteiger partial charge in [0.25, 0.3) is 6.43 Å². The van der Waals surface area contributed by atoms with Gasteiger partial charge in [0.15, 0.2) is 0 Å². The first kappa shape index (κ1) is 10.1. The van der Waals surface area contributed by atoms with Crippen molar-refractivity contribution in [2.45, 2.75) is 6.43 Å². The van der Waals surface area contributed by atoms with Gasteiger partial charge in [0.05, 0.1) is 0 Å². The van der Waals surface area contributed by atoms with Gasteiger partial charge in [-0.1, -0.05) is 0 Å². The molecule has 0 saturated heterocycles. The van der Waals surface area contributed by atoms with Gasteiger partial charge in [-0.2, -0.15) is 0 Å². The van der Waals surface area contributed by atoms with Crippen molar-refractivity contribution in [3.05, 3.63) is 26.6 Å². The van der Waals surface area contributed by atoms with E-state index in [2.05, 4.69) is 22.6 Å². The number of fused-ring (bicyclic) bond motifs is 1. The lowest BCUT2D eigenvalue weighted by Gasteiger charge is -2.04. The fourth-order valence-corrected chi connectivity index (χ4v) is 3.12. The Morgan fingerprint density at radius 1 is 1.36 bits per heavy atom. The Hall–Kier alpha value is -0.430. The number of nitrogens with two attached hydrogens (primary N) is 1. The molecule has 0 radical (unpaired) electrons. The van der Waals surface area contributed by atoms with Crippen molar-refractivity contribution in [2.75, 3.05) is 5.73 Å². The molecule has 0 unspecified atom stereocenters. The van der Waals surface area contributed by atoms with Crippen molar-refractivity contribution >= 4 is 49.7 Å². The van der Waals surface area contributed by atoms with Crippen molar-refractivity contribution in [2.24, 2.45) is 0 Å². The molecule has 0 atom stereocenters. The predicted octanol–water partition coefficient (Wildman–Crippen LogP) is 4.03. The molecule has 0 fully saturated rings. The number of hydrogen-bond acceptors (Lipinski definition) is 2. The Labute approximate surface area is 97.1 Å². The van der Waals surface area contributed by atoms with E-state index in [0.717, 1.165) is 13.7 Å². The molecule has 1 aromatic carbocycles. The van der Waals surface area contributed by atoms with E-state index in [0.29, 0.717) is 0 Å². The molecule has 0 amide bonds. The summed E-state index contributed by atoms with van der Waals surface area (Å²) in [5.74, 6) is 0. The van der Waals surface area contributed by atoms with Crippen molar-refractivity contribution < 1.29 is 8.78 Å². The van der Waals surface area contributed by atoms with Crippen LogP contribution in [0.2, 0.25) is 0 Å². The van der Waals surface area contributed by atoms with Crippen LogP contribution in [-0.2, 0) is 0 Å². The molecular weight excluding hydrogens is 319 g/mol. The van der Waals surface area contributed by atoms with Crippen molar-refractivity contribution in [3.8, 4) is 0 Å². The minimum Gasteiger partial charge on any atom is -0.398 e. The fourth-order valence-electron chi connectivity index (χ4n) is 1.26. The molecule has 0 spiro atoms. The highest BCUT2D eigenvalue weighted by Crippen LogP contribution is 2.34. The summed E-state index contributed by atoms with van der Waals surface area (Å²) in [6.45, 7) is 0. The van der Waals surface area contributed by atoms with Crippen LogP contribution in [0, 0.1) is 3.57 Å². The molecule has 1 aromatic heterocycles. The molecular formula is C9H6F2INS. The fraction of sp³-hybridized carbons (Fsp3) is 0.111. The van der Waals surface area contributed by atoms with Crippen molar-refractivity contribution in [3.63, 3.8) is 0 Å². The normalized spacial score (nSPS) is 11.4. The number of thiophene rings is 1. The van der Waals surface area contributed by atoms with Gasteiger partial charge in [0.2, 0.25) is 0 Å². The standard InChI is InChI=1S/C9H6F2INS/c10-9(11)5-2-8-4(1-7(5)13)6(12)3-14-8/h1-3,9H,13H2. The van der Waals surface area contributed by atoms with E-state index in [1.807, 2.05) is 5.38 Å². The molecule has 0 aliphatic heterocycles. The van der Waals surface area contributed by atoms with E-state index < -0.39 is 6.43 Å². The van der Waals surface area contributed by atoms with Gasteiger partial charge < -0.3 is 5.73 Å². The second kappa shape index (κ2) is 3.62. The molecule has 0 aliphatic rings. The van der Waals surface area contributed by atoms with Crippen molar-refractivity contribution in [1.82, 2.24) is 0 Å². The minimum absolute atomic E-state index is 0.0734. The van der Waals surface area contributed by atoms with E-state index in [4.69, 9.17) is 5.73 Å². The van der Waals surface area contributed by atoms with E-state index in [-0.39, 0.29) is 11.3 Å². The van der Waals surface area contributed by atoms with Crippen LogP contribution in [0.3, 0.4) is 0 Å². The number of hydrogen-bond donors (Lipinski definition) is 1. The van der Waals surface area contributed by atoms with Gasteiger partial charge in [-0.3, -0.25) is 0 Å². The third kappa shape index (κ3) is 1.58. The molecule has 14 heavy (non-hydrogen) atoms. The summed E-state index contributed by atoms with van der Waals surface area (Å²) in [6.07, 6.45) is -2.50. The zero-order chi connectivity index (χ0) is 10.3. The summed E-state index contributed by atoms with van der Waals surface area (Å²) in [5.41, 5.74) is 5.63. The van der Waals surface area contributed by atoms with Crippen LogP contribution in [0.5, 0.6) is 0 Å². The predicted molar refractivity (Wildman–Crippen MR) is 63.9 cm³/mol. The monoisotopic (exact) mass is 325 g/mol. The summed E-state index contributed by atoms with van der Waals surface area (Å²) in [4.78, 5) is 0. The number of nitrogen functional groups attached to an aromatic ring is 1. The van der Waals surface area contributed by atoms with E-state index in [1.165, 1.54) is 17.4 Å². The summed E-state index contributed by atoms with van der Waals surface area (Å²) in [5, 5.41) is 2.89. The van der Waals surface area contributed by atoms with Crippen LogP contribution in [0.25, 0.3) is 10.1 Å². The third-order valence-corrected chi connectivity index (χ3v) is 4.23. The van der Waals surface area contributed by atoms with Gasteiger partial charge in [-0.05, 0) is 34.7 Å². The molecule has 2 rings (SSSR count). The highest BCUT2D eigenvalue weighted by Gasteiger charge is 2.13. The molecule has 74 valence electrons. The van der Waals surface area contributed by atoms with Gasteiger partial charge in [0.1, 0.15) is 0 Å². The van der Waals surface area contributed by atoms with Crippen LogP contribution in [0.1, 0.15) is 12.0 Å². The van der Waals surface area contributed by atoms with Gasteiger partial charge in [0, 0.05) is 30.3 Å². The lowest BCUT2D eigenvalue weighted by atomic mass is 10.1. The average molecular weight is 325 g/mol. The number of alkyl halides is 2. The molecule has 0 aliphatic carbocycles. The smallest absolute Gasteiger partial charge is 0.265 e. The van der Waals surface area contributed by atoms with Crippen LogP contribution < -0.4 is 5.73 Å². The molecule has 0 saturated carbocycles. The molecule has 2 aromatic rings. The summed E-state index contributed by atoms with van der Waals surface area (Å²) >= 11 is 3.62. The number of benzene rings is 1. The lowest BCUT2D eigenvalue weighted by Crippen LogP contribution is -1.94. The second-order valence-corrected chi connectivity index (χ2v) is 4.94. The van der Waals surface area contributed by atoms with Crippen molar-refractivity contribution in [1.29, 1.82) is 0 Å². The van der Waals surface area contributed by atoms with Gasteiger partial charge in [-0.25, -0.2) is 8.78 Å². The first-order chi connectivity index (χ1) is 6.59. The molecule has 5 heteroatoms. The molecule has 1 nitrogen and oxygen atoms in total. The first-order valence-corrected chi connectivity index (χ1v) is 5.79. The number of rotatable bonds is 1. The summed E-state index contributed by atoms with van der Waals surface area (Å²) in [6, 6.07) is 3.09. The molecule has 2 N–H and O–H groups in total. The molecule has 0 bridgehead atoms. The van der Waals surface area contributed by atoms with Gasteiger partial charge >= 0.3 is 0 Å². The maximum absolute atomic E-state index is 12.5. The summed E-state index contributed by atoms with van der Waals surface area (Å²) < 4.78 is 26.9. The van der Waals surface area contributed by atoms with Gasteiger partial charge in [-0.15, -0.1) is 11.3 Å². The minimum atomic E-state index is -2.50. The Balaban J connectivity index is 2.72. The highest BCUT2D eigenvalue weighted by atomic mass is 127. The third-order valence-electron chi connectivity index (χ3n) is 1.97. The Morgan fingerprint density at radius 3 is 2.71 bits per heavy atom. The topological polar surface area (TPSA) is 26.0 Å². The maximum Gasteiger partial charge on any atom is 0.265 e. The van der Waals surface area contributed by atoms with Crippen LogP contribution in [-0.4, -0.2) is 0 Å². The zero-order valence-electron chi connectivity index (χ0n) is 6.93. The van der Waals surface area contributed by atoms with Crippen LogP contribution in [0.15, 0.2) is 17.5 Å². The molecule has 1 heterocycles. The highest BCUT2D eigenvalue weighted by molar-refractivity contribution is 14.1. The first-order valence-electron chi connectivity index (χ1n) is 3.84. The lowest BCUT2D eigenvalue weighted by molar-refractivity contribution is 0.152. The van der Waals surface area contributed by atoms with Crippen LogP contribution >= 0.6 is 33.9 Å². The average Bonchev–Trinajstić information content (AvgIpc) is 2.46. The maximum atomic E-state index is 12.5. The Morgan fingerprint density at radius 2 is 2.07 bits per heavy atom. The largest absolute Gasteiger partial charge is 0.398 e. The SMILES string of the molecule is Nc1cc2c(I)csc2cc1C(F)F. The van der Waals surface area contributed by atoms with E-state index in [9.17, 15) is 8.78 Å². The van der Waals surface area contributed by atoms with E-state index >= 15 is 0 Å². The van der Waals surface area contributed by atoms with Crippen LogP contribution in [0.4, 0.5) is 14.5 Å². The Kier molecular flexibility index (Phi) is 2.61. The summed E-state index contributed by atoms with van der Waals surface area (Å²) in [7, 11) is 0. The zero-order valence-corrected chi connectivity index (χ0v) is 9.90. The number of halogens is 3. The number of anilines is 1. The van der Waals surface area contributed by atoms with E-state index in [1.54, 1.807) is 6.07 Å².